The number of methoxy groups -OCH3 is 1. The molecule has 0 aliphatic heterocycles. The number of hydrogen-bond acceptors (Lipinski definition) is 4. The summed E-state index contributed by atoms with van der Waals surface area (Å²) in [6.45, 7) is 1.29. The van der Waals surface area contributed by atoms with Crippen LogP contribution in [0.5, 0.6) is 11.5 Å². The van der Waals surface area contributed by atoms with Gasteiger partial charge < -0.3 is 15.2 Å². The highest BCUT2D eigenvalue weighted by atomic mass is 79.9. The fraction of sp³-hybridized carbons (Fsp3) is 0.364. The minimum atomic E-state index is 0.100. The Kier molecular flexibility index (Phi) is 5.09. The van der Waals surface area contributed by atoms with Crippen molar-refractivity contribution in [1.82, 2.24) is 5.32 Å². The standard InChI is InChI=1S/C11H13BrN2O2/c1-16-10-6-8(5-9(12)11(10)15)7-14-4-2-3-13/h5-6,14-15H,2,4,7H2,1H3. The summed E-state index contributed by atoms with van der Waals surface area (Å²) in [6.07, 6.45) is 0.483. The number of phenolic OH excluding ortho intramolecular Hbond substituents is 1. The van der Waals surface area contributed by atoms with E-state index < -0.39 is 0 Å². The van der Waals surface area contributed by atoms with Gasteiger partial charge in [-0.05, 0) is 33.6 Å². The van der Waals surface area contributed by atoms with Crippen LogP contribution in [0.15, 0.2) is 16.6 Å². The van der Waals surface area contributed by atoms with E-state index in [2.05, 4.69) is 27.3 Å². The number of nitriles is 1. The van der Waals surface area contributed by atoms with Crippen LogP contribution in [0, 0.1) is 11.3 Å². The van der Waals surface area contributed by atoms with Gasteiger partial charge >= 0.3 is 0 Å². The van der Waals surface area contributed by atoms with Gasteiger partial charge in [0.2, 0.25) is 0 Å². The Bertz CT molecular complexity index is 402. The van der Waals surface area contributed by atoms with Gasteiger partial charge in [0, 0.05) is 19.5 Å². The van der Waals surface area contributed by atoms with Crippen LogP contribution in [0.4, 0.5) is 0 Å². The molecule has 0 amide bonds. The first-order valence-corrected chi connectivity index (χ1v) is 5.61. The molecular weight excluding hydrogens is 272 g/mol. The van der Waals surface area contributed by atoms with Crippen LogP contribution < -0.4 is 10.1 Å². The van der Waals surface area contributed by atoms with Gasteiger partial charge in [0.05, 0.1) is 17.7 Å². The number of hydrogen-bond donors (Lipinski definition) is 2. The molecule has 1 rings (SSSR count). The topological polar surface area (TPSA) is 65.3 Å². The van der Waals surface area contributed by atoms with Gasteiger partial charge in [-0.2, -0.15) is 5.26 Å². The predicted molar refractivity (Wildman–Crippen MR) is 64.3 cm³/mol. The fourth-order valence-corrected chi connectivity index (χ4v) is 1.75. The summed E-state index contributed by atoms with van der Waals surface area (Å²) >= 11 is 3.25. The highest BCUT2D eigenvalue weighted by molar-refractivity contribution is 9.10. The van der Waals surface area contributed by atoms with E-state index in [1.807, 2.05) is 6.07 Å². The first-order valence-electron chi connectivity index (χ1n) is 4.82. The van der Waals surface area contributed by atoms with E-state index in [-0.39, 0.29) is 5.75 Å². The number of benzene rings is 1. The number of phenols is 1. The Morgan fingerprint density at radius 2 is 2.31 bits per heavy atom. The average Bonchev–Trinajstić information content (AvgIpc) is 2.29. The van der Waals surface area contributed by atoms with Gasteiger partial charge in [0.25, 0.3) is 0 Å². The summed E-state index contributed by atoms with van der Waals surface area (Å²) < 4.78 is 5.63. The van der Waals surface area contributed by atoms with Crippen LogP contribution in [0.3, 0.4) is 0 Å². The van der Waals surface area contributed by atoms with Crippen molar-refractivity contribution >= 4 is 15.9 Å². The van der Waals surface area contributed by atoms with Gasteiger partial charge in [-0.15, -0.1) is 0 Å². The van der Waals surface area contributed by atoms with E-state index in [9.17, 15) is 5.11 Å². The molecule has 2 N–H and O–H groups in total. The number of rotatable bonds is 5. The lowest BCUT2D eigenvalue weighted by atomic mass is 10.2. The van der Waals surface area contributed by atoms with Crippen LogP contribution >= 0.6 is 15.9 Å². The van der Waals surface area contributed by atoms with Crippen molar-refractivity contribution in [3.05, 3.63) is 22.2 Å². The molecule has 0 spiro atoms. The van der Waals surface area contributed by atoms with Crippen molar-refractivity contribution in [2.45, 2.75) is 13.0 Å². The summed E-state index contributed by atoms with van der Waals surface area (Å²) in [5.41, 5.74) is 0.986. The van der Waals surface area contributed by atoms with Gasteiger partial charge in [0.15, 0.2) is 11.5 Å². The Balaban J connectivity index is 2.67. The van der Waals surface area contributed by atoms with E-state index in [1.54, 1.807) is 6.07 Å². The Morgan fingerprint density at radius 3 is 2.94 bits per heavy atom. The van der Waals surface area contributed by atoms with E-state index in [0.717, 1.165) is 5.56 Å². The van der Waals surface area contributed by atoms with Gasteiger partial charge in [-0.1, -0.05) is 0 Å². The third kappa shape index (κ3) is 3.40. The van der Waals surface area contributed by atoms with Gasteiger partial charge in [0.1, 0.15) is 0 Å². The molecule has 86 valence electrons. The molecule has 0 unspecified atom stereocenters. The van der Waals surface area contributed by atoms with Crippen molar-refractivity contribution < 1.29 is 9.84 Å². The van der Waals surface area contributed by atoms with E-state index >= 15 is 0 Å². The third-order valence-electron chi connectivity index (χ3n) is 2.05. The average molecular weight is 285 g/mol. The maximum atomic E-state index is 9.60. The number of aromatic hydroxyl groups is 1. The summed E-state index contributed by atoms with van der Waals surface area (Å²) in [7, 11) is 1.51. The Hall–Kier alpha value is -1.25. The van der Waals surface area contributed by atoms with Crippen LogP contribution in [0.25, 0.3) is 0 Å². The second-order valence-electron chi connectivity index (χ2n) is 3.21. The van der Waals surface area contributed by atoms with Gasteiger partial charge in [-0.25, -0.2) is 0 Å². The maximum absolute atomic E-state index is 9.60. The Morgan fingerprint density at radius 1 is 1.56 bits per heavy atom. The summed E-state index contributed by atoms with van der Waals surface area (Å²) in [4.78, 5) is 0. The molecule has 0 radical (unpaired) electrons. The first-order chi connectivity index (χ1) is 7.69. The fourth-order valence-electron chi connectivity index (χ4n) is 1.26. The molecule has 0 aromatic heterocycles. The number of ether oxygens (including phenoxy) is 1. The van der Waals surface area contributed by atoms with E-state index in [1.165, 1.54) is 7.11 Å². The van der Waals surface area contributed by atoms with E-state index in [0.29, 0.717) is 29.7 Å². The monoisotopic (exact) mass is 284 g/mol. The van der Waals surface area contributed by atoms with Crippen molar-refractivity contribution in [3.63, 3.8) is 0 Å². The smallest absolute Gasteiger partial charge is 0.172 e. The van der Waals surface area contributed by atoms with Crippen molar-refractivity contribution in [1.29, 1.82) is 5.26 Å². The second-order valence-corrected chi connectivity index (χ2v) is 4.07. The maximum Gasteiger partial charge on any atom is 0.172 e. The zero-order chi connectivity index (χ0) is 12.0. The molecule has 0 atom stereocenters. The predicted octanol–water partition coefficient (Wildman–Crippen LogP) is 2.17. The van der Waals surface area contributed by atoms with Crippen molar-refractivity contribution in [3.8, 4) is 17.6 Å². The lowest BCUT2D eigenvalue weighted by Gasteiger charge is -2.09. The number of halogens is 1. The summed E-state index contributed by atoms with van der Waals surface area (Å²) in [5, 5.41) is 21.1. The zero-order valence-electron chi connectivity index (χ0n) is 8.96. The van der Waals surface area contributed by atoms with Crippen LogP contribution in [-0.4, -0.2) is 18.8 Å². The molecule has 0 saturated heterocycles. The van der Waals surface area contributed by atoms with E-state index in [4.69, 9.17) is 10.00 Å². The molecule has 0 bridgehead atoms. The summed E-state index contributed by atoms with van der Waals surface area (Å²) in [6, 6.07) is 5.64. The highest BCUT2D eigenvalue weighted by Gasteiger charge is 2.07. The molecule has 5 heteroatoms. The van der Waals surface area contributed by atoms with Crippen molar-refractivity contribution in [2.24, 2.45) is 0 Å². The van der Waals surface area contributed by atoms with Crippen LogP contribution in [0.2, 0.25) is 0 Å². The molecule has 16 heavy (non-hydrogen) atoms. The lowest BCUT2D eigenvalue weighted by molar-refractivity contribution is 0.371. The normalized spacial score (nSPS) is 9.81. The number of nitrogens with one attached hydrogen (secondary N) is 1. The molecular formula is C11H13BrN2O2. The van der Waals surface area contributed by atoms with Crippen molar-refractivity contribution in [2.75, 3.05) is 13.7 Å². The van der Waals surface area contributed by atoms with Crippen LogP contribution in [-0.2, 0) is 6.54 Å². The summed E-state index contributed by atoms with van der Waals surface area (Å²) in [5.74, 6) is 0.537. The molecule has 0 heterocycles. The molecule has 1 aromatic rings. The van der Waals surface area contributed by atoms with Gasteiger partial charge in [-0.3, -0.25) is 0 Å². The molecule has 0 fully saturated rings. The quantitative estimate of drug-likeness (QED) is 0.814. The molecule has 0 saturated carbocycles. The zero-order valence-corrected chi connectivity index (χ0v) is 10.5. The molecule has 1 aromatic carbocycles. The minimum absolute atomic E-state index is 0.100. The third-order valence-corrected chi connectivity index (χ3v) is 2.66. The Labute approximate surface area is 103 Å². The SMILES string of the molecule is COc1cc(CNCCC#N)cc(Br)c1O. The number of nitrogens with zero attached hydrogens (tertiary/aromatic N) is 1. The molecule has 4 nitrogen and oxygen atoms in total. The largest absolute Gasteiger partial charge is 0.503 e. The molecule has 0 aliphatic rings. The molecule has 0 aliphatic carbocycles. The second kappa shape index (κ2) is 6.36. The minimum Gasteiger partial charge on any atom is -0.503 e. The highest BCUT2D eigenvalue weighted by Crippen LogP contribution is 2.35. The first kappa shape index (κ1) is 12.8. The van der Waals surface area contributed by atoms with Crippen LogP contribution in [0.1, 0.15) is 12.0 Å². The lowest BCUT2D eigenvalue weighted by Crippen LogP contribution is -2.14.